The number of rotatable bonds is 2. The largest absolute Gasteiger partial charge is 0.373 e. The zero-order valence-corrected chi connectivity index (χ0v) is 9.91. The summed E-state index contributed by atoms with van der Waals surface area (Å²) >= 11 is 0. The Morgan fingerprint density at radius 1 is 1.06 bits per heavy atom. The van der Waals surface area contributed by atoms with Crippen LogP contribution < -0.4 is 5.32 Å². The second-order valence-electron chi connectivity index (χ2n) is 4.01. The van der Waals surface area contributed by atoms with Crippen molar-refractivity contribution in [2.75, 3.05) is 12.4 Å². The van der Waals surface area contributed by atoms with Crippen LogP contribution in [0.1, 0.15) is 11.1 Å². The molecular formula is C14H16N2. The monoisotopic (exact) mass is 212 g/mol. The Balaban J connectivity index is 2.45. The number of anilines is 1. The van der Waals surface area contributed by atoms with Crippen LogP contribution >= 0.6 is 0 Å². The van der Waals surface area contributed by atoms with Gasteiger partial charge in [-0.1, -0.05) is 29.8 Å². The quantitative estimate of drug-likeness (QED) is 0.825. The molecule has 2 aromatic rings. The fourth-order valence-electron chi connectivity index (χ4n) is 1.82. The maximum atomic E-state index is 4.39. The Labute approximate surface area is 96.4 Å². The van der Waals surface area contributed by atoms with E-state index in [1.54, 1.807) is 0 Å². The molecule has 1 aromatic carbocycles. The lowest BCUT2D eigenvalue weighted by atomic mass is 10.0. The summed E-state index contributed by atoms with van der Waals surface area (Å²) in [5.74, 6) is 0.941. The fourth-order valence-corrected chi connectivity index (χ4v) is 1.82. The SMILES string of the molecule is CNc1ncc(-c2cccc(C)c2)cc1C. The summed E-state index contributed by atoms with van der Waals surface area (Å²) in [6.07, 6.45) is 1.91. The number of benzene rings is 1. The first-order valence-corrected chi connectivity index (χ1v) is 5.42. The number of aryl methyl sites for hydroxylation is 2. The van der Waals surface area contributed by atoms with Crippen LogP contribution in [-0.4, -0.2) is 12.0 Å². The van der Waals surface area contributed by atoms with E-state index in [9.17, 15) is 0 Å². The number of hydrogen-bond donors (Lipinski definition) is 1. The normalized spacial score (nSPS) is 10.2. The van der Waals surface area contributed by atoms with Gasteiger partial charge in [-0.05, 0) is 31.0 Å². The van der Waals surface area contributed by atoms with Crippen LogP contribution in [-0.2, 0) is 0 Å². The highest BCUT2D eigenvalue weighted by Gasteiger charge is 2.02. The van der Waals surface area contributed by atoms with Gasteiger partial charge in [-0.15, -0.1) is 0 Å². The van der Waals surface area contributed by atoms with Crippen LogP contribution in [0.4, 0.5) is 5.82 Å². The van der Waals surface area contributed by atoms with E-state index in [0.717, 1.165) is 5.82 Å². The van der Waals surface area contributed by atoms with Crippen molar-refractivity contribution < 1.29 is 0 Å². The van der Waals surface area contributed by atoms with Gasteiger partial charge in [0.1, 0.15) is 5.82 Å². The van der Waals surface area contributed by atoms with Crippen LogP contribution in [0, 0.1) is 13.8 Å². The topological polar surface area (TPSA) is 24.9 Å². The Morgan fingerprint density at radius 3 is 2.50 bits per heavy atom. The zero-order valence-electron chi connectivity index (χ0n) is 9.91. The molecule has 2 heteroatoms. The molecule has 0 bridgehead atoms. The molecule has 0 aliphatic heterocycles. The third-order valence-electron chi connectivity index (χ3n) is 2.67. The summed E-state index contributed by atoms with van der Waals surface area (Å²) in [4.78, 5) is 4.39. The molecule has 0 amide bonds. The minimum Gasteiger partial charge on any atom is -0.373 e. The summed E-state index contributed by atoms with van der Waals surface area (Å²) in [6.45, 7) is 4.17. The summed E-state index contributed by atoms with van der Waals surface area (Å²) in [7, 11) is 1.89. The van der Waals surface area contributed by atoms with Crippen LogP contribution in [0.2, 0.25) is 0 Å². The van der Waals surface area contributed by atoms with Gasteiger partial charge in [0.05, 0.1) is 0 Å². The summed E-state index contributed by atoms with van der Waals surface area (Å²) in [6, 6.07) is 10.6. The Morgan fingerprint density at radius 2 is 1.88 bits per heavy atom. The van der Waals surface area contributed by atoms with Gasteiger partial charge in [0.2, 0.25) is 0 Å². The number of hydrogen-bond acceptors (Lipinski definition) is 2. The molecule has 0 unspecified atom stereocenters. The van der Waals surface area contributed by atoms with Crippen molar-refractivity contribution >= 4 is 5.82 Å². The molecule has 0 saturated carbocycles. The average Bonchev–Trinajstić information content (AvgIpc) is 2.29. The van der Waals surface area contributed by atoms with E-state index in [2.05, 4.69) is 54.5 Å². The third-order valence-corrected chi connectivity index (χ3v) is 2.67. The van der Waals surface area contributed by atoms with Crippen LogP contribution in [0.25, 0.3) is 11.1 Å². The molecule has 2 nitrogen and oxygen atoms in total. The van der Waals surface area contributed by atoms with Gasteiger partial charge in [0.25, 0.3) is 0 Å². The van der Waals surface area contributed by atoms with Gasteiger partial charge in [0, 0.05) is 18.8 Å². The lowest BCUT2D eigenvalue weighted by Gasteiger charge is -2.07. The van der Waals surface area contributed by atoms with Crippen molar-refractivity contribution in [2.24, 2.45) is 0 Å². The molecule has 0 atom stereocenters. The van der Waals surface area contributed by atoms with Gasteiger partial charge in [-0.25, -0.2) is 4.98 Å². The number of pyridine rings is 1. The van der Waals surface area contributed by atoms with Crippen LogP contribution in [0.3, 0.4) is 0 Å². The predicted octanol–water partition coefficient (Wildman–Crippen LogP) is 3.41. The first-order chi connectivity index (χ1) is 7.70. The summed E-state index contributed by atoms with van der Waals surface area (Å²) < 4.78 is 0. The smallest absolute Gasteiger partial charge is 0.128 e. The second kappa shape index (κ2) is 4.35. The zero-order chi connectivity index (χ0) is 11.5. The van der Waals surface area contributed by atoms with E-state index in [4.69, 9.17) is 0 Å². The Kier molecular flexibility index (Phi) is 2.91. The van der Waals surface area contributed by atoms with E-state index in [1.165, 1.54) is 22.3 Å². The average molecular weight is 212 g/mol. The van der Waals surface area contributed by atoms with E-state index in [1.807, 2.05) is 13.2 Å². The molecule has 1 aromatic heterocycles. The first-order valence-electron chi connectivity index (χ1n) is 5.42. The number of nitrogens with one attached hydrogen (secondary N) is 1. The maximum absolute atomic E-state index is 4.39. The van der Waals surface area contributed by atoms with Crippen molar-refractivity contribution in [2.45, 2.75) is 13.8 Å². The Bertz CT molecular complexity index is 504. The third kappa shape index (κ3) is 2.06. The summed E-state index contributed by atoms with van der Waals surface area (Å²) in [5.41, 5.74) is 4.83. The molecule has 0 spiro atoms. The molecule has 0 aliphatic carbocycles. The maximum Gasteiger partial charge on any atom is 0.128 e. The molecule has 16 heavy (non-hydrogen) atoms. The molecule has 1 N–H and O–H groups in total. The minimum atomic E-state index is 0.941. The molecule has 0 fully saturated rings. The fraction of sp³-hybridized carbons (Fsp3) is 0.214. The highest BCUT2D eigenvalue weighted by molar-refractivity contribution is 5.66. The van der Waals surface area contributed by atoms with Crippen molar-refractivity contribution in [3.63, 3.8) is 0 Å². The van der Waals surface area contributed by atoms with E-state index in [-0.39, 0.29) is 0 Å². The Hall–Kier alpha value is -1.83. The lowest BCUT2D eigenvalue weighted by Crippen LogP contribution is -1.95. The molecule has 1 heterocycles. The number of nitrogens with zero attached hydrogens (tertiary/aromatic N) is 1. The van der Waals surface area contributed by atoms with Gasteiger partial charge < -0.3 is 5.32 Å². The highest BCUT2D eigenvalue weighted by Crippen LogP contribution is 2.23. The summed E-state index contributed by atoms with van der Waals surface area (Å²) in [5, 5.41) is 3.07. The molecule has 0 radical (unpaired) electrons. The van der Waals surface area contributed by atoms with Gasteiger partial charge >= 0.3 is 0 Å². The van der Waals surface area contributed by atoms with Crippen LogP contribution in [0.5, 0.6) is 0 Å². The standard InChI is InChI=1S/C14H16N2/c1-10-5-4-6-12(7-10)13-8-11(2)14(15-3)16-9-13/h4-9H,1-3H3,(H,15,16). The second-order valence-corrected chi connectivity index (χ2v) is 4.01. The van der Waals surface area contributed by atoms with Gasteiger partial charge in [-0.2, -0.15) is 0 Å². The van der Waals surface area contributed by atoms with E-state index in [0.29, 0.717) is 0 Å². The van der Waals surface area contributed by atoms with Crippen molar-refractivity contribution in [1.29, 1.82) is 0 Å². The van der Waals surface area contributed by atoms with Crippen LogP contribution in [0.15, 0.2) is 36.5 Å². The highest BCUT2D eigenvalue weighted by atomic mass is 15.0. The molecule has 0 saturated heterocycles. The molecular weight excluding hydrogens is 196 g/mol. The first kappa shape index (κ1) is 10.7. The van der Waals surface area contributed by atoms with Crippen molar-refractivity contribution in [3.05, 3.63) is 47.7 Å². The van der Waals surface area contributed by atoms with Crippen molar-refractivity contribution in [1.82, 2.24) is 4.98 Å². The van der Waals surface area contributed by atoms with E-state index < -0.39 is 0 Å². The molecule has 82 valence electrons. The minimum absolute atomic E-state index is 0.941. The van der Waals surface area contributed by atoms with Gasteiger partial charge in [-0.3, -0.25) is 0 Å². The van der Waals surface area contributed by atoms with Crippen molar-refractivity contribution in [3.8, 4) is 11.1 Å². The molecule has 2 rings (SSSR count). The molecule has 0 aliphatic rings. The van der Waals surface area contributed by atoms with Gasteiger partial charge in [0.15, 0.2) is 0 Å². The lowest BCUT2D eigenvalue weighted by molar-refractivity contribution is 1.24. The van der Waals surface area contributed by atoms with E-state index >= 15 is 0 Å². The number of aromatic nitrogens is 1. The predicted molar refractivity (Wildman–Crippen MR) is 68.7 cm³/mol.